The van der Waals surface area contributed by atoms with Crippen LogP contribution in [0.3, 0.4) is 0 Å². The van der Waals surface area contributed by atoms with Crippen molar-refractivity contribution in [2.75, 3.05) is 4.90 Å². The SMILES string of the molecule is CC1NC(=O)/C(=C2/C(=O)N(Cc3ccccc3)c3ccccc32)S1. The van der Waals surface area contributed by atoms with Crippen LogP contribution in [-0.2, 0) is 16.1 Å². The highest BCUT2D eigenvalue weighted by Gasteiger charge is 2.38. The molecule has 5 heteroatoms. The number of carbonyl (C=O) groups excluding carboxylic acids is 2. The lowest BCUT2D eigenvalue weighted by molar-refractivity contribution is -0.117. The molecule has 2 amide bonds. The molecule has 1 N–H and O–H groups in total. The van der Waals surface area contributed by atoms with Crippen LogP contribution in [0, 0.1) is 0 Å². The Hall–Kier alpha value is -2.53. The number of carbonyl (C=O) groups is 2. The number of amides is 2. The van der Waals surface area contributed by atoms with Gasteiger partial charge in [0.25, 0.3) is 11.8 Å². The molecule has 1 saturated heterocycles. The summed E-state index contributed by atoms with van der Waals surface area (Å²) in [7, 11) is 0. The molecule has 1 unspecified atom stereocenters. The van der Waals surface area contributed by atoms with E-state index in [1.165, 1.54) is 11.8 Å². The number of nitrogens with one attached hydrogen (secondary N) is 1. The van der Waals surface area contributed by atoms with Crippen molar-refractivity contribution in [3.05, 3.63) is 70.6 Å². The zero-order chi connectivity index (χ0) is 16.7. The Balaban J connectivity index is 1.80. The van der Waals surface area contributed by atoms with Gasteiger partial charge in [0.2, 0.25) is 0 Å². The third-order valence-corrected chi connectivity index (χ3v) is 5.27. The molecule has 120 valence electrons. The summed E-state index contributed by atoms with van der Waals surface area (Å²) in [6, 6.07) is 17.5. The molecule has 4 rings (SSSR count). The quantitative estimate of drug-likeness (QED) is 0.857. The van der Waals surface area contributed by atoms with Gasteiger partial charge in [0.15, 0.2) is 0 Å². The van der Waals surface area contributed by atoms with Gasteiger partial charge in [0.1, 0.15) is 0 Å². The number of fused-ring (bicyclic) bond motifs is 1. The lowest BCUT2D eigenvalue weighted by Crippen LogP contribution is -2.26. The summed E-state index contributed by atoms with van der Waals surface area (Å²) in [4.78, 5) is 27.6. The third kappa shape index (κ3) is 2.41. The van der Waals surface area contributed by atoms with E-state index in [4.69, 9.17) is 0 Å². The van der Waals surface area contributed by atoms with E-state index in [1.54, 1.807) is 4.90 Å². The summed E-state index contributed by atoms with van der Waals surface area (Å²) in [5, 5.41) is 2.84. The zero-order valence-electron chi connectivity index (χ0n) is 13.2. The molecule has 0 radical (unpaired) electrons. The van der Waals surface area contributed by atoms with Crippen LogP contribution in [0.4, 0.5) is 5.69 Å². The second kappa shape index (κ2) is 5.83. The molecule has 2 aliphatic rings. The van der Waals surface area contributed by atoms with Gasteiger partial charge in [-0.25, -0.2) is 0 Å². The third-order valence-electron chi connectivity index (χ3n) is 4.17. The molecule has 2 aromatic rings. The van der Waals surface area contributed by atoms with Crippen molar-refractivity contribution in [3.8, 4) is 0 Å². The Morgan fingerprint density at radius 3 is 2.46 bits per heavy atom. The number of hydrogen-bond donors (Lipinski definition) is 1. The molecule has 0 bridgehead atoms. The van der Waals surface area contributed by atoms with Crippen molar-refractivity contribution in [2.24, 2.45) is 0 Å². The number of anilines is 1. The fourth-order valence-electron chi connectivity index (χ4n) is 3.10. The minimum Gasteiger partial charge on any atom is -0.340 e. The van der Waals surface area contributed by atoms with Crippen molar-refractivity contribution in [1.82, 2.24) is 5.32 Å². The second-order valence-corrected chi connectivity index (χ2v) is 7.18. The summed E-state index contributed by atoms with van der Waals surface area (Å²) in [6.45, 7) is 2.42. The van der Waals surface area contributed by atoms with Crippen LogP contribution >= 0.6 is 11.8 Å². The van der Waals surface area contributed by atoms with Crippen LogP contribution < -0.4 is 10.2 Å². The van der Waals surface area contributed by atoms with E-state index in [0.717, 1.165) is 16.8 Å². The van der Waals surface area contributed by atoms with Crippen LogP contribution in [0.1, 0.15) is 18.1 Å². The predicted octanol–water partition coefficient (Wildman–Crippen LogP) is 3.15. The van der Waals surface area contributed by atoms with Crippen molar-refractivity contribution in [3.63, 3.8) is 0 Å². The number of para-hydroxylation sites is 1. The Morgan fingerprint density at radius 2 is 1.75 bits per heavy atom. The Bertz CT molecular complexity index is 861. The fourth-order valence-corrected chi connectivity index (χ4v) is 4.11. The van der Waals surface area contributed by atoms with E-state index in [9.17, 15) is 9.59 Å². The first-order valence-corrected chi connectivity index (χ1v) is 8.70. The summed E-state index contributed by atoms with van der Waals surface area (Å²) in [6.07, 6.45) is 0. The molecule has 2 aromatic carbocycles. The molecule has 0 aliphatic carbocycles. The summed E-state index contributed by atoms with van der Waals surface area (Å²) in [5.41, 5.74) is 3.28. The molecule has 2 heterocycles. The van der Waals surface area contributed by atoms with E-state index in [2.05, 4.69) is 5.32 Å². The minimum absolute atomic E-state index is 0.0110. The lowest BCUT2D eigenvalue weighted by Gasteiger charge is -2.17. The van der Waals surface area contributed by atoms with Crippen molar-refractivity contribution in [1.29, 1.82) is 0 Å². The van der Waals surface area contributed by atoms with Crippen molar-refractivity contribution in [2.45, 2.75) is 18.8 Å². The van der Waals surface area contributed by atoms with Crippen LogP contribution in [0.15, 0.2) is 59.5 Å². The standard InChI is InChI=1S/C19H16N2O2S/c1-12-20-18(22)17(24-12)16-14-9-5-6-10-15(14)21(19(16)23)11-13-7-3-2-4-8-13/h2-10,12H,11H2,1H3,(H,20,22)/b17-16-. The number of hydrogen-bond acceptors (Lipinski definition) is 3. The van der Waals surface area contributed by atoms with Crippen LogP contribution in [0.25, 0.3) is 5.57 Å². The second-order valence-electron chi connectivity index (χ2n) is 5.83. The Kier molecular flexibility index (Phi) is 3.65. The molecule has 0 spiro atoms. The lowest BCUT2D eigenvalue weighted by atomic mass is 10.1. The number of nitrogens with zero attached hydrogens (tertiary/aromatic N) is 1. The van der Waals surface area contributed by atoms with Crippen molar-refractivity contribution >= 4 is 34.8 Å². The maximum absolute atomic E-state index is 13.1. The molecule has 0 saturated carbocycles. The average Bonchev–Trinajstić information content (AvgIpc) is 3.05. The van der Waals surface area contributed by atoms with Crippen LogP contribution in [0.2, 0.25) is 0 Å². The highest BCUT2D eigenvalue weighted by atomic mass is 32.2. The number of rotatable bonds is 2. The van der Waals surface area contributed by atoms with Gasteiger partial charge in [-0.05, 0) is 18.6 Å². The largest absolute Gasteiger partial charge is 0.340 e. The molecule has 1 fully saturated rings. The molecule has 24 heavy (non-hydrogen) atoms. The maximum Gasteiger partial charge on any atom is 0.260 e. The number of benzene rings is 2. The van der Waals surface area contributed by atoms with Gasteiger partial charge < -0.3 is 10.2 Å². The van der Waals surface area contributed by atoms with E-state index in [1.807, 2.05) is 61.5 Å². The highest BCUT2D eigenvalue weighted by molar-refractivity contribution is 8.05. The summed E-state index contributed by atoms with van der Waals surface area (Å²) in [5.74, 6) is -0.265. The maximum atomic E-state index is 13.1. The van der Waals surface area contributed by atoms with Gasteiger partial charge in [-0.15, -0.1) is 0 Å². The topological polar surface area (TPSA) is 49.4 Å². The average molecular weight is 336 g/mol. The first-order chi connectivity index (χ1) is 11.6. The molecule has 4 nitrogen and oxygen atoms in total. The smallest absolute Gasteiger partial charge is 0.260 e. The fraction of sp³-hybridized carbons (Fsp3) is 0.158. The first-order valence-electron chi connectivity index (χ1n) is 7.82. The normalized spacial score (nSPS) is 22.7. The zero-order valence-corrected chi connectivity index (χ0v) is 14.0. The molecule has 0 aromatic heterocycles. The van der Waals surface area contributed by atoms with Gasteiger partial charge in [-0.1, -0.05) is 60.3 Å². The van der Waals surface area contributed by atoms with Gasteiger partial charge >= 0.3 is 0 Å². The first kappa shape index (κ1) is 15.0. The molecular weight excluding hydrogens is 320 g/mol. The Morgan fingerprint density at radius 1 is 1.04 bits per heavy atom. The summed E-state index contributed by atoms with van der Waals surface area (Å²) >= 11 is 1.42. The minimum atomic E-state index is -0.160. The summed E-state index contributed by atoms with van der Waals surface area (Å²) < 4.78 is 0. The van der Waals surface area contributed by atoms with Crippen LogP contribution in [-0.4, -0.2) is 17.2 Å². The van der Waals surface area contributed by atoms with Gasteiger partial charge in [-0.3, -0.25) is 9.59 Å². The van der Waals surface area contributed by atoms with E-state index >= 15 is 0 Å². The van der Waals surface area contributed by atoms with Gasteiger partial charge in [0, 0.05) is 5.56 Å². The van der Waals surface area contributed by atoms with E-state index in [-0.39, 0.29) is 17.2 Å². The van der Waals surface area contributed by atoms with Gasteiger partial charge in [0.05, 0.1) is 28.1 Å². The number of thioether (sulfide) groups is 1. The van der Waals surface area contributed by atoms with Gasteiger partial charge in [-0.2, -0.15) is 0 Å². The predicted molar refractivity (Wildman–Crippen MR) is 96.2 cm³/mol. The molecule has 2 aliphatic heterocycles. The molecule has 1 atom stereocenters. The monoisotopic (exact) mass is 336 g/mol. The van der Waals surface area contributed by atoms with E-state index < -0.39 is 0 Å². The van der Waals surface area contributed by atoms with E-state index in [0.29, 0.717) is 17.0 Å². The van der Waals surface area contributed by atoms with Crippen molar-refractivity contribution < 1.29 is 9.59 Å². The highest BCUT2D eigenvalue weighted by Crippen LogP contribution is 2.43. The van der Waals surface area contributed by atoms with Crippen LogP contribution in [0.5, 0.6) is 0 Å². The molecular formula is C19H16N2O2S. The Labute approximate surface area is 144 Å².